The highest BCUT2D eigenvalue weighted by molar-refractivity contribution is 7.71. The highest BCUT2D eigenvalue weighted by atomic mass is 35.5. The molecule has 0 aliphatic heterocycles. The lowest BCUT2D eigenvalue weighted by molar-refractivity contribution is 0.820. The van der Waals surface area contributed by atoms with E-state index in [0.29, 0.717) is 15.7 Å². The lowest BCUT2D eigenvalue weighted by Gasteiger charge is -2.03. The van der Waals surface area contributed by atoms with E-state index in [2.05, 4.69) is 20.4 Å². The third-order valence-corrected chi connectivity index (χ3v) is 4.07. The van der Waals surface area contributed by atoms with Crippen molar-refractivity contribution in [1.29, 1.82) is 0 Å². The Balaban J connectivity index is 2.01. The van der Waals surface area contributed by atoms with Crippen LogP contribution >= 0.6 is 23.8 Å². The molecule has 2 aromatic heterocycles. The van der Waals surface area contributed by atoms with E-state index in [-0.39, 0.29) is 0 Å². The summed E-state index contributed by atoms with van der Waals surface area (Å²) in [4.78, 5) is 0. The van der Waals surface area contributed by atoms with E-state index in [1.165, 1.54) is 10.2 Å². The fourth-order valence-electron chi connectivity index (χ4n) is 2.14. The molecule has 1 N–H and O–H groups in total. The van der Waals surface area contributed by atoms with Gasteiger partial charge in [-0.05, 0) is 45.1 Å². The summed E-state index contributed by atoms with van der Waals surface area (Å²) in [5.74, 6) is 0.672. The molecule has 1 aromatic carbocycles. The van der Waals surface area contributed by atoms with Gasteiger partial charge < -0.3 is 0 Å². The number of hydrogen-bond acceptors (Lipinski definition) is 4. The molecule has 0 unspecified atom stereocenters. The largest absolute Gasteiger partial charge is 0.250 e. The first kappa shape index (κ1) is 15.6. The molecule has 0 saturated heterocycles. The minimum atomic E-state index is 0.429. The lowest BCUT2D eigenvalue weighted by atomic mass is 10.2. The zero-order valence-electron chi connectivity index (χ0n) is 12.9. The Morgan fingerprint density at radius 3 is 2.52 bits per heavy atom. The standard InChI is InChI=1S/C15H15ClN6S/c1-9-4-6-12(7-5-9)22-14(16)13(10(2)20-22)8-17-21-11(3)18-19-15(21)23/h4-8H,1-3H3,(H,19,23)/b17-8+. The van der Waals surface area contributed by atoms with E-state index in [0.717, 1.165) is 16.9 Å². The average Bonchev–Trinajstić information content (AvgIpc) is 2.99. The second kappa shape index (κ2) is 6.10. The van der Waals surface area contributed by atoms with Gasteiger partial charge in [0.2, 0.25) is 4.77 Å². The van der Waals surface area contributed by atoms with Gasteiger partial charge in [-0.3, -0.25) is 5.10 Å². The van der Waals surface area contributed by atoms with Gasteiger partial charge in [-0.2, -0.15) is 20.0 Å². The summed E-state index contributed by atoms with van der Waals surface area (Å²) >= 11 is 11.6. The maximum atomic E-state index is 6.47. The summed E-state index contributed by atoms with van der Waals surface area (Å²) in [6.45, 7) is 5.74. The van der Waals surface area contributed by atoms with Gasteiger partial charge in [0, 0.05) is 0 Å². The molecule has 2 heterocycles. The number of aryl methyl sites for hydroxylation is 3. The molecule has 6 nitrogen and oxygen atoms in total. The fraction of sp³-hybridized carbons (Fsp3) is 0.200. The highest BCUT2D eigenvalue weighted by Crippen LogP contribution is 2.22. The predicted molar refractivity (Wildman–Crippen MR) is 93.2 cm³/mol. The van der Waals surface area contributed by atoms with E-state index in [9.17, 15) is 0 Å². The number of aromatic amines is 1. The number of nitrogens with zero attached hydrogens (tertiary/aromatic N) is 5. The van der Waals surface area contributed by atoms with E-state index < -0.39 is 0 Å². The van der Waals surface area contributed by atoms with Crippen molar-refractivity contribution < 1.29 is 0 Å². The van der Waals surface area contributed by atoms with Crippen molar-refractivity contribution in [3.05, 3.63) is 56.8 Å². The Hall–Kier alpha value is -2.25. The van der Waals surface area contributed by atoms with Crippen molar-refractivity contribution in [2.24, 2.45) is 5.10 Å². The van der Waals surface area contributed by atoms with Crippen LogP contribution in [0.15, 0.2) is 29.4 Å². The molecule has 0 aliphatic rings. The molecule has 118 valence electrons. The number of H-pyrrole nitrogens is 1. The first-order valence-electron chi connectivity index (χ1n) is 6.98. The Kier molecular flexibility index (Phi) is 4.14. The van der Waals surface area contributed by atoms with Gasteiger partial charge in [0.05, 0.1) is 23.2 Å². The maximum absolute atomic E-state index is 6.47. The van der Waals surface area contributed by atoms with Crippen LogP contribution in [0.4, 0.5) is 0 Å². The van der Waals surface area contributed by atoms with Crippen molar-refractivity contribution in [2.45, 2.75) is 20.8 Å². The molecule has 0 atom stereocenters. The van der Waals surface area contributed by atoms with Gasteiger partial charge in [-0.25, -0.2) is 4.68 Å². The van der Waals surface area contributed by atoms with Gasteiger partial charge in [-0.15, -0.1) is 0 Å². The predicted octanol–water partition coefficient (Wildman–Crippen LogP) is 3.59. The maximum Gasteiger partial charge on any atom is 0.216 e. The Bertz CT molecular complexity index is 932. The van der Waals surface area contributed by atoms with Gasteiger partial charge in [0.25, 0.3) is 0 Å². The van der Waals surface area contributed by atoms with Crippen molar-refractivity contribution >= 4 is 30.0 Å². The van der Waals surface area contributed by atoms with Crippen molar-refractivity contribution in [2.75, 3.05) is 0 Å². The van der Waals surface area contributed by atoms with Crippen molar-refractivity contribution in [3.63, 3.8) is 0 Å². The summed E-state index contributed by atoms with van der Waals surface area (Å²) in [5.41, 5.74) is 3.61. The van der Waals surface area contributed by atoms with Crippen LogP contribution in [-0.2, 0) is 0 Å². The van der Waals surface area contributed by atoms with E-state index in [1.54, 1.807) is 10.9 Å². The number of aromatic nitrogens is 5. The highest BCUT2D eigenvalue weighted by Gasteiger charge is 2.13. The number of halogens is 1. The van der Waals surface area contributed by atoms with Crippen LogP contribution in [0.3, 0.4) is 0 Å². The second-order valence-corrected chi connectivity index (χ2v) is 5.91. The van der Waals surface area contributed by atoms with Gasteiger partial charge in [-0.1, -0.05) is 29.3 Å². The van der Waals surface area contributed by atoms with Crippen LogP contribution in [0, 0.1) is 25.5 Å². The molecular formula is C15H15ClN6S. The zero-order chi connectivity index (χ0) is 16.6. The quantitative estimate of drug-likeness (QED) is 0.582. The summed E-state index contributed by atoms with van der Waals surface area (Å²) in [7, 11) is 0. The normalized spacial score (nSPS) is 11.5. The fourth-order valence-corrected chi connectivity index (χ4v) is 2.68. The topological polar surface area (TPSA) is 63.8 Å². The Morgan fingerprint density at radius 2 is 1.91 bits per heavy atom. The van der Waals surface area contributed by atoms with Crippen LogP contribution in [-0.4, -0.2) is 30.9 Å². The smallest absolute Gasteiger partial charge is 0.216 e. The minimum absolute atomic E-state index is 0.429. The third kappa shape index (κ3) is 2.97. The summed E-state index contributed by atoms with van der Waals surface area (Å²) < 4.78 is 3.66. The Morgan fingerprint density at radius 1 is 1.22 bits per heavy atom. The summed E-state index contributed by atoms with van der Waals surface area (Å²) in [5, 5.41) is 16.0. The first-order valence-corrected chi connectivity index (χ1v) is 7.76. The molecule has 0 spiro atoms. The zero-order valence-corrected chi connectivity index (χ0v) is 14.5. The SMILES string of the molecule is Cc1ccc(-n2nc(C)c(/C=N/n3c(C)n[nH]c3=S)c2Cl)cc1. The monoisotopic (exact) mass is 346 g/mol. The van der Waals surface area contributed by atoms with Crippen molar-refractivity contribution in [1.82, 2.24) is 24.7 Å². The summed E-state index contributed by atoms with van der Waals surface area (Å²) in [6, 6.07) is 7.99. The lowest BCUT2D eigenvalue weighted by Crippen LogP contribution is -1.97. The molecule has 0 aliphatic carbocycles. The van der Waals surface area contributed by atoms with Crippen molar-refractivity contribution in [3.8, 4) is 5.69 Å². The molecule has 0 fully saturated rings. The van der Waals surface area contributed by atoms with Gasteiger partial charge in [0.1, 0.15) is 11.0 Å². The molecule has 0 saturated carbocycles. The second-order valence-electron chi connectivity index (χ2n) is 5.17. The molecular weight excluding hydrogens is 332 g/mol. The van der Waals surface area contributed by atoms with Gasteiger partial charge in [0.15, 0.2) is 0 Å². The van der Waals surface area contributed by atoms with Crippen LogP contribution in [0.25, 0.3) is 5.69 Å². The number of hydrogen-bond donors (Lipinski definition) is 1. The first-order chi connectivity index (χ1) is 11.0. The molecule has 3 aromatic rings. The molecule has 0 amide bonds. The van der Waals surface area contributed by atoms with E-state index >= 15 is 0 Å². The number of rotatable bonds is 3. The average molecular weight is 347 g/mol. The van der Waals surface area contributed by atoms with Crippen LogP contribution in [0.5, 0.6) is 0 Å². The van der Waals surface area contributed by atoms with E-state index in [1.807, 2.05) is 45.0 Å². The number of nitrogens with one attached hydrogen (secondary N) is 1. The van der Waals surface area contributed by atoms with Crippen LogP contribution < -0.4 is 0 Å². The van der Waals surface area contributed by atoms with Crippen LogP contribution in [0.1, 0.15) is 22.6 Å². The Labute approximate surface area is 143 Å². The van der Waals surface area contributed by atoms with Gasteiger partial charge >= 0.3 is 0 Å². The number of benzene rings is 1. The molecule has 0 bridgehead atoms. The van der Waals surface area contributed by atoms with E-state index in [4.69, 9.17) is 23.8 Å². The molecule has 3 rings (SSSR count). The third-order valence-electron chi connectivity index (χ3n) is 3.44. The minimum Gasteiger partial charge on any atom is -0.250 e. The molecule has 23 heavy (non-hydrogen) atoms. The molecule has 8 heteroatoms. The summed E-state index contributed by atoms with van der Waals surface area (Å²) in [6.07, 6.45) is 1.65. The molecule has 0 radical (unpaired) electrons. The van der Waals surface area contributed by atoms with Crippen LogP contribution in [0.2, 0.25) is 5.15 Å².